The van der Waals surface area contributed by atoms with Crippen molar-refractivity contribution in [3.63, 3.8) is 0 Å². The number of aryl methyl sites for hydroxylation is 1. The summed E-state index contributed by atoms with van der Waals surface area (Å²) in [7, 11) is 0. The van der Waals surface area contributed by atoms with Gasteiger partial charge in [0.05, 0.1) is 11.3 Å². The van der Waals surface area contributed by atoms with Gasteiger partial charge in [0.1, 0.15) is 0 Å². The van der Waals surface area contributed by atoms with Crippen molar-refractivity contribution < 1.29 is 5.11 Å². The number of rotatable bonds is 6. The Hall–Kier alpha value is -1.77. The standard InChI is InChI=1S/C17H24N2O/c1-4-5-11-19-15(12-13(2)3)16(17(20)18-19)14-9-7-6-8-10-14/h6-10,13H,4-5,11-12H2,1-3H3,(H,18,20). The fraction of sp³-hybridized carbons (Fsp3) is 0.471. The minimum Gasteiger partial charge on any atom is -0.492 e. The van der Waals surface area contributed by atoms with Crippen LogP contribution in [0.15, 0.2) is 30.3 Å². The first kappa shape index (κ1) is 14.6. The molecule has 0 amide bonds. The molecule has 1 aromatic carbocycles. The van der Waals surface area contributed by atoms with Gasteiger partial charge in [0.25, 0.3) is 0 Å². The number of nitrogens with zero attached hydrogens (tertiary/aromatic N) is 2. The molecule has 0 fully saturated rings. The summed E-state index contributed by atoms with van der Waals surface area (Å²) in [5.74, 6) is 0.692. The van der Waals surface area contributed by atoms with Gasteiger partial charge >= 0.3 is 0 Å². The average Bonchev–Trinajstić information content (AvgIpc) is 2.73. The lowest BCUT2D eigenvalue weighted by atomic mass is 9.99. The molecule has 1 aromatic heterocycles. The summed E-state index contributed by atoms with van der Waals surface area (Å²) in [6, 6.07) is 10.0. The third-order valence-electron chi connectivity index (χ3n) is 3.43. The van der Waals surface area contributed by atoms with E-state index in [9.17, 15) is 5.11 Å². The van der Waals surface area contributed by atoms with Crippen LogP contribution < -0.4 is 0 Å². The molecule has 0 saturated heterocycles. The molecular formula is C17H24N2O. The lowest BCUT2D eigenvalue weighted by molar-refractivity contribution is 0.432. The van der Waals surface area contributed by atoms with Crippen molar-refractivity contribution in [1.29, 1.82) is 0 Å². The van der Waals surface area contributed by atoms with Gasteiger partial charge in [0.15, 0.2) is 0 Å². The third-order valence-corrected chi connectivity index (χ3v) is 3.43. The molecule has 1 N–H and O–H groups in total. The molecule has 0 aliphatic heterocycles. The number of hydrogen-bond donors (Lipinski definition) is 1. The quantitative estimate of drug-likeness (QED) is 0.853. The fourth-order valence-corrected chi connectivity index (χ4v) is 2.47. The van der Waals surface area contributed by atoms with E-state index in [1.807, 2.05) is 35.0 Å². The second-order valence-electron chi connectivity index (χ2n) is 5.69. The molecule has 3 heteroatoms. The molecule has 2 rings (SSSR count). The first-order valence-electron chi connectivity index (χ1n) is 7.47. The van der Waals surface area contributed by atoms with E-state index in [2.05, 4.69) is 25.9 Å². The Morgan fingerprint density at radius 3 is 2.50 bits per heavy atom. The minimum atomic E-state index is 0.156. The van der Waals surface area contributed by atoms with Gasteiger partial charge in [-0.25, -0.2) is 0 Å². The molecular weight excluding hydrogens is 248 g/mol. The number of aromatic hydroxyl groups is 1. The maximum absolute atomic E-state index is 10.2. The Morgan fingerprint density at radius 1 is 1.20 bits per heavy atom. The predicted octanol–water partition coefficient (Wildman–Crippen LogP) is 4.25. The summed E-state index contributed by atoms with van der Waals surface area (Å²) in [6.07, 6.45) is 3.14. The highest BCUT2D eigenvalue weighted by atomic mass is 16.3. The Kier molecular flexibility index (Phi) is 4.83. The van der Waals surface area contributed by atoms with Crippen LogP contribution in [0.25, 0.3) is 11.1 Å². The zero-order chi connectivity index (χ0) is 14.5. The molecule has 0 unspecified atom stereocenters. The first-order chi connectivity index (χ1) is 9.63. The van der Waals surface area contributed by atoms with Crippen molar-refractivity contribution in [2.24, 2.45) is 5.92 Å². The largest absolute Gasteiger partial charge is 0.492 e. The van der Waals surface area contributed by atoms with Crippen LogP contribution in [0.4, 0.5) is 0 Å². The van der Waals surface area contributed by atoms with E-state index in [0.717, 1.165) is 42.6 Å². The lowest BCUT2D eigenvalue weighted by Gasteiger charge is -2.11. The summed E-state index contributed by atoms with van der Waals surface area (Å²) >= 11 is 0. The van der Waals surface area contributed by atoms with Crippen molar-refractivity contribution >= 4 is 0 Å². The summed E-state index contributed by atoms with van der Waals surface area (Å²) < 4.78 is 1.99. The summed E-state index contributed by atoms with van der Waals surface area (Å²) in [5.41, 5.74) is 3.09. The van der Waals surface area contributed by atoms with Crippen molar-refractivity contribution in [3.05, 3.63) is 36.0 Å². The molecule has 0 bridgehead atoms. The van der Waals surface area contributed by atoms with Crippen LogP contribution in [-0.2, 0) is 13.0 Å². The molecule has 0 spiro atoms. The average molecular weight is 272 g/mol. The zero-order valence-corrected chi connectivity index (χ0v) is 12.6. The topological polar surface area (TPSA) is 38.0 Å². The Bertz CT molecular complexity index is 544. The third kappa shape index (κ3) is 3.21. The van der Waals surface area contributed by atoms with Gasteiger partial charge in [0.2, 0.25) is 5.88 Å². The number of unbranched alkanes of at least 4 members (excludes halogenated alkanes) is 1. The maximum atomic E-state index is 10.2. The summed E-state index contributed by atoms with van der Waals surface area (Å²) in [6.45, 7) is 7.44. The van der Waals surface area contributed by atoms with Crippen LogP contribution in [0.3, 0.4) is 0 Å². The Morgan fingerprint density at radius 2 is 1.90 bits per heavy atom. The van der Waals surface area contributed by atoms with Gasteiger partial charge in [-0.1, -0.05) is 57.5 Å². The van der Waals surface area contributed by atoms with Crippen molar-refractivity contribution in [1.82, 2.24) is 9.78 Å². The first-order valence-corrected chi connectivity index (χ1v) is 7.47. The molecule has 108 valence electrons. The van der Waals surface area contributed by atoms with Gasteiger partial charge in [-0.15, -0.1) is 5.10 Å². The van der Waals surface area contributed by atoms with Gasteiger partial charge in [-0.2, -0.15) is 0 Å². The smallest absolute Gasteiger partial charge is 0.238 e. The minimum absolute atomic E-state index is 0.156. The molecule has 0 aliphatic rings. The van der Waals surface area contributed by atoms with E-state index in [1.54, 1.807) is 0 Å². The molecule has 3 nitrogen and oxygen atoms in total. The number of benzene rings is 1. The molecule has 0 saturated carbocycles. The lowest BCUT2D eigenvalue weighted by Crippen LogP contribution is -2.08. The van der Waals surface area contributed by atoms with E-state index >= 15 is 0 Å². The number of hydrogen-bond acceptors (Lipinski definition) is 2. The van der Waals surface area contributed by atoms with Crippen LogP contribution >= 0.6 is 0 Å². The van der Waals surface area contributed by atoms with Gasteiger partial charge in [-0.3, -0.25) is 4.68 Å². The van der Waals surface area contributed by atoms with E-state index in [1.165, 1.54) is 0 Å². The van der Waals surface area contributed by atoms with Gasteiger partial charge < -0.3 is 5.11 Å². The second-order valence-corrected chi connectivity index (χ2v) is 5.69. The summed E-state index contributed by atoms with van der Waals surface area (Å²) in [5, 5.41) is 14.6. The highest BCUT2D eigenvalue weighted by Crippen LogP contribution is 2.33. The Balaban J connectivity index is 2.46. The van der Waals surface area contributed by atoms with Crippen LogP contribution in [0, 0.1) is 5.92 Å². The van der Waals surface area contributed by atoms with Crippen LogP contribution in [0.1, 0.15) is 39.3 Å². The van der Waals surface area contributed by atoms with Crippen molar-refractivity contribution in [2.45, 2.75) is 46.6 Å². The molecule has 0 aliphatic carbocycles. The van der Waals surface area contributed by atoms with E-state index in [4.69, 9.17) is 0 Å². The van der Waals surface area contributed by atoms with E-state index in [0.29, 0.717) is 5.92 Å². The second kappa shape index (κ2) is 6.60. The maximum Gasteiger partial charge on any atom is 0.238 e. The van der Waals surface area contributed by atoms with Crippen molar-refractivity contribution in [2.75, 3.05) is 0 Å². The molecule has 0 atom stereocenters. The highest BCUT2D eigenvalue weighted by Gasteiger charge is 2.19. The monoisotopic (exact) mass is 272 g/mol. The molecule has 1 heterocycles. The normalized spacial score (nSPS) is 11.2. The van der Waals surface area contributed by atoms with Crippen LogP contribution in [0.2, 0.25) is 0 Å². The number of aromatic nitrogens is 2. The molecule has 0 radical (unpaired) electrons. The van der Waals surface area contributed by atoms with E-state index in [-0.39, 0.29) is 5.88 Å². The zero-order valence-electron chi connectivity index (χ0n) is 12.6. The SMILES string of the molecule is CCCCn1nc(O)c(-c2ccccc2)c1CC(C)C. The fourth-order valence-electron chi connectivity index (χ4n) is 2.47. The van der Waals surface area contributed by atoms with Crippen molar-refractivity contribution in [3.8, 4) is 17.0 Å². The van der Waals surface area contributed by atoms with Crippen LogP contribution in [0.5, 0.6) is 5.88 Å². The molecule has 20 heavy (non-hydrogen) atoms. The van der Waals surface area contributed by atoms with Crippen LogP contribution in [-0.4, -0.2) is 14.9 Å². The molecule has 2 aromatic rings. The van der Waals surface area contributed by atoms with E-state index < -0.39 is 0 Å². The summed E-state index contributed by atoms with van der Waals surface area (Å²) in [4.78, 5) is 0. The predicted molar refractivity (Wildman–Crippen MR) is 82.8 cm³/mol. The van der Waals surface area contributed by atoms with Gasteiger partial charge in [0, 0.05) is 6.54 Å². The van der Waals surface area contributed by atoms with Gasteiger partial charge in [-0.05, 0) is 24.3 Å². The highest BCUT2D eigenvalue weighted by molar-refractivity contribution is 5.71. The Labute approximate surface area is 121 Å².